The number of benzene rings is 1. The van der Waals surface area contributed by atoms with Gasteiger partial charge in [-0.3, -0.25) is 9.59 Å². The number of carboxylic acid groups (broad SMARTS) is 1. The first-order chi connectivity index (χ1) is 13.7. The first-order valence-electron chi connectivity index (χ1n) is 10.3. The van der Waals surface area contributed by atoms with Crippen molar-refractivity contribution in [2.45, 2.75) is 50.3 Å². The van der Waals surface area contributed by atoms with Crippen LogP contribution < -0.4 is 0 Å². The van der Waals surface area contributed by atoms with Crippen molar-refractivity contribution in [2.24, 2.45) is 11.8 Å². The third-order valence-corrected chi connectivity index (χ3v) is 8.05. The van der Waals surface area contributed by atoms with Gasteiger partial charge in [-0.1, -0.05) is 38.8 Å². The van der Waals surface area contributed by atoms with Crippen molar-refractivity contribution in [3.8, 4) is 0 Å². The van der Waals surface area contributed by atoms with Crippen molar-refractivity contribution in [2.75, 3.05) is 26.2 Å². The molecule has 1 saturated carbocycles. The number of sulfonamides is 1. The summed E-state index contributed by atoms with van der Waals surface area (Å²) in [4.78, 5) is 26.3. The summed E-state index contributed by atoms with van der Waals surface area (Å²) in [5, 5.41) is 9.43. The molecule has 1 aromatic carbocycles. The van der Waals surface area contributed by atoms with E-state index < -0.39 is 27.8 Å². The number of rotatable bonds is 5. The Hall–Kier alpha value is -1.93. The van der Waals surface area contributed by atoms with Gasteiger partial charge in [-0.2, -0.15) is 4.31 Å². The van der Waals surface area contributed by atoms with Gasteiger partial charge in [0.1, 0.15) is 0 Å². The predicted octanol–water partition coefficient (Wildman–Crippen LogP) is 2.53. The molecule has 1 aliphatic heterocycles. The van der Waals surface area contributed by atoms with Gasteiger partial charge in [0, 0.05) is 26.2 Å². The molecule has 0 bridgehead atoms. The molecule has 1 aromatic rings. The Bertz CT molecular complexity index is 842. The summed E-state index contributed by atoms with van der Waals surface area (Å²) < 4.78 is 27.3. The lowest BCUT2D eigenvalue weighted by Crippen LogP contribution is -2.53. The Morgan fingerprint density at radius 1 is 0.966 bits per heavy atom. The Kier molecular flexibility index (Phi) is 6.63. The van der Waals surface area contributed by atoms with Gasteiger partial charge in [0.05, 0.1) is 16.7 Å². The molecule has 0 aromatic heterocycles. The lowest BCUT2D eigenvalue weighted by Gasteiger charge is -2.38. The van der Waals surface area contributed by atoms with Crippen molar-refractivity contribution in [3.05, 3.63) is 29.8 Å². The topological polar surface area (TPSA) is 95.0 Å². The third-order valence-electron chi connectivity index (χ3n) is 6.14. The number of amides is 1. The number of nitrogens with zero attached hydrogens (tertiary/aromatic N) is 2. The number of hydrogen-bond donors (Lipinski definition) is 1. The lowest BCUT2D eigenvalue weighted by molar-refractivity contribution is -0.152. The molecule has 1 N–H and O–H groups in total. The van der Waals surface area contributed by atoms with Gasteiger partial charge in [-0.25, -0.2) is 8.42 Å². The van der Waals surface area contributed by atoms with Gasteiger partial charge in [-0.15, -0.1) is 0 Å². The van der Waals surface area contributed by atoms with E-state index in [0.29, 0.717) is 31.8 Å². The standard InChI is InChI=1S/C21H30N2O5S/c1-15(2)16-7-9-17(10-8-16)29(27,28)23-13-11-22(12-14-23)20(24)18-5-3-4-6-19(18)21(25)26/h7-10,15,18-19H,3-6,11-14H2,1-2H3,(H,25,26)/t18-,19-/m0/s1. The van der Waals surface area contributed by atoms with E-state index in [-0.39, 0.29) is 23.9 Å². The molecule has 2 aliphatic rings. The molecule has 7 nitrogen and oxygen atoms in total. The fourth-order valence-corrected chi connectivity index (χ4v) is 5.70. The maximum atomic E-state index is 12.9. The van der Waals surface area contributed by atoms with E-state index in [0.717, 1.165) is 18.4 Å². The first kappa shape index (κ1) is 21.8. The van der Waals surface area contributed by atoms with E-state index >= 15 is 0 Å². The Balaban J connectivity index is 1.64. The van der Waals surface area contributed by atoms with E-state index in [1.807, 2.05) is 12.1 Å². The van der Waals surface area contributed by atoms with Crippen molar-refractivity contribution >= 4 is 21.9 Å². The summed E-state index contributed by atoms with van der Waals surface area (Å²) in [6, 6.07) is 6.96. The largest absolute Gasteiger partial charge is 0.481 e. The molecule has 1 heterocycles. The van der Waals surface area contributed by atoms with Gasteiger partial charge in [0.25, 0.3) is 0 Å². The highest BCUT2D eigenvalue weighted by molar-refractivity contribution is 7.89. The number of carboxylic acids is 1. The minimum atomic E-state index is -3.60. The van der Waals surface area contributed by atoms with Gasteiger partial charge in [-0.05, 0) is 36.5 Å². The minimum Gasteiger partial charge on any atom is -0.481 e. The van der Waals surface area contributed by atoms with Gasteiger partial charge in [0.15, 0.2) is 0 Å². The van der Waals surface area contributed by atoms with Gasteiger partial charge in [0.2, 0.25) is 15.9 Å². The monoisotopic (exact) mass is 422 g/mol. The molecular weight excluding hydrogens is 392 g/mol. The highest BCUT2D eigenvalue weighted by Gasteiger charge is 2.39. The Morgan fingerprint density at radius 2 is 1.52 bits per heavy atom. The molecule has 1 amide bonds. The normalized spacial score (nSPS) is 23.9. The second kappa shape index (κ2) is 8.83. The molecule has 3 rings (SSSR count). The second-order valence-corrected chi connectivity index (χ2v) is 10.2. The fourth-order valence-electron chi connectivity index (χ4n) is 4.28. The van der Waals surface area contributed by atoms with Crippen LogP contribution in [-0.2, 0) is 19.6 Å². The maximum absolute atomic E-state index is 12.9. The van der Waals surface area contributed by atoms with Crippen LogP contribution in [0.25, 0.3) is 0 Å². The minimum absolute atomic E-state index is 0.143. The first-order valence-corrected chi connectivity index (χ1v) is 11.8. The van der Waals surface area contributed by atoms with E-state index in [9.17, 15) is 23.1 Å². The quantitative estimate of drug-likeness (QED) is 0.787. The van der Waals surface area contributed by atoms with Gasteiger partial charge < -0.3 is 10.0 Å². The molecule has 160 valence electrons. The number of carbonyl (C=O) groups is 2. The average Bonchev–Trinajstić information content (AvgIpc) is 2.73. The van der Waals surface area contributed by atoms with Gasteiger partial charge >= 0.3 is 5.97 Å². The zero-order valence-electron chi connectivity index (χ0n) is 17.1. The Labute approximate surface area is 172 Å². The van der Waals surface area contributed by atoms with Crippen molar-refractivity contribution in [3.63, 3.8) is 0 Å². The number of hydrogen-bond acceptors (Lipinski definition) is 4. The van der Waals surface area contributed by atoms with Crippen LogP contribution >= 0.6 is 0 Å². The van der Waals surface area contributed by atoms with E-state index in [1.165, 1.54) is 4.31 Å². The molecule has 8 heteroatoms. The van der Waals surface area contributed by atoms with Crippen LogP contribution in [0.15, 0.2) is 29.2 Å². The summed E-state index contributed by atoms with van der Waals surface area (Å²) in [5.41, 5.74) is 1.08. The summed E-state index contributed by atoms with van der Waals surface area (Å²) in [6.07, 6.45) is 2.83. The average molecular weight is 423 g/mol. The number of carbonyl (C=O) groups excluding carboxylic acids is 1. The molecule has 0 radical (unpaired) electrons. The smallest absolute Gasteiger partial charge is 0.307 e. The summed E-state index contributed by atoms with van der Waals surface area (Å²) in [6.45, 7) is 5.16. The zero-order valence-corrected chi connectivity index (χ0v) is 17.9. The number of piperazine rings is 1. The van der Waals surface area contributed by atoms with Crippen molar-refractivity contribution in [1.29, 1.82) is 0 Å². The molecule has 0 spiro atoms. The Morgan fingerprint density at radius 3 is 2.03 bits per heavy atom. The molecular formula is C21H30N2O5S. The third kappa shape index (κ3) is 4.64. The molecule has 1 saturated heterocycles. The lowest BCUT2D eigenvalue weighted by atomic mass is 9.78. The zero-order chi connectivity index (χ0) is 21.2. The predicted molar refractivity (Wildman–Crippen MR) is 109 cm³/mol. The second-order valence-electron chi connectivity index (χ2n) is 8.29. The van der Waals surface area contributed by atoms with Crippen LogP contribution in [0.3, 0.4) is 0 Å². The summed E-state index contributed by atoms with van der Waals surface area (Å²) in [7, 11) is -3.60. The van der Waals surface area contributed by atoms with Crippen LogP contribution in [0.5, 0.6) is 0 Å². The fraction of sp³-hybridized carbons (Fsp3) is 0.619. The van der Waals surface area contributed by atoms with Crippen LogP contribution in [0, 0.1) is 11.8 Å². The van der Waals surface area contributed by atoms with E-state index in [2.05, 4.69) is 13.8 Å². The number of aliphatic carboxylic acids is 1. The van der Waals surface area contributed by atoms with Crippen molar-refractivity contribution in [1.82, 2.24) is 9.21 Å². The van der Waals surface area contributed by atoms with Crippen LogP contribution in [0.2, 0.25) is 0 Å². The highest BCUT2D eigenvalue weighted by atomic mass is 32.2. The molecule has 2 fully saturated rings. The SMILES string of the molecule is CC(C)c1ccc(S(=O)(=O)N2CCN(C(=O)[C@H]3CCCC[C@@H]3C(=O)O)CC2)cc1. The summed E-state index contributed by atoms with van der Waals surface area (Å²) in [5.74, 6) is -1.84. The van der Waals surface area contributed by atoms with Crippen LogP contribution in [0.4, 0.5) is 0 Å². The van der Waals surface area contributed by atoms with E-state index in [4.69, 9.17) is 0 Å². The summed E-state index contributed by atoms with van der Waals surface area (Å²) >= 11 is 0. The highest BCUT2D eigenvalue weighted by Crippen LogP contribution is 2.32. The van der Waals surface area contributed by atoms with E-state index in [1.54, 1.807) is 17.0 Å². The maximum Gasteiger partial charge on any atom is 0.307 e. The van der Waals surface area contributed by atoms with Crippen molar-refractivity contribution < 1.29 is 23.1 Å². The molecule has 2 atom stereocenters. The van der Waals surface area contributed by atoms with Crippen LogP contribution in [0.1, 0.15) is 51.0 Å². The molecule has 1 aliphatic carbocycles. The van der Waals surface area contributed by atoms with Crippen LogP contribution in [-0.4, -0.2) is 60.8 Å². The molecule has 0 unspecified atom stereocenters. The molecule has 29 heavy (non-hydrogen) atoms.